The lowest BCUT2D eigenvalue weighted by Crippen LogP contribution is -2.42. The van der Waals surface area contributed by atoms with E-state index in [0.717, 1.165) is 26.1 Å². The summed E-state index contributed by atoms with van der Waals surface area (Å²) in [6, 6.07) is -0.257. The molecule has 3 amide bonds. The van der Waals surface area contributed by atoms with Gasteiger partial charge in [0.25, 0.3) is 0 Å². The molecule has 84 valence electrons. The molecule has 0 radical (unpaired) electrons. The van der Waals surface area contributed by atoms with Crippen LogP contribution in [-0.2, 0) is 9.53 Å². The summed E-state index contributed by atoms with van der Waals surface area (Å²) in [6.07, 6.45) is 1.81. The number of urea groups is 1. The first-order chi connectivity index (χ1) is 7.11. The zero-order valence-electron chi connectivity index (χ0n) is 8.91. The fourth-order valence-electron chi connectivity index (χ4n) is 2.02. The van der Waals surface area contributed by atoms with Crippen molar-refractivity contribution in [3.8, 4) is 0 Å². The van der Waals surface area contributed by atoms with Gasteiger partial charge in [-0.2, -0.15) is 0 Å². The number of rotatable bonds is 2. The molecule has 1 N–H and O–H groups in total. The third-order valence-electron chi connectivity index (χ3n) is 3.18. The number of carbonyl (C=O) groups is 2. The molecule has 2 saturated heterocycles. The monoisotopic (exact) mass is 212 g/mol. The molecule has 2 rings (SSSR count). The van der Waals surface area contributed by atoms with Crippen LogP contribution in [0.15, 0.2) is 0 Å². The topological polar surface area (TPSA) is 58.6 Å². The Hall–Kier alpha value is -1.10. The van der Waals surface area contributed by atoms with Crippen molar-refractivity contribution in [2.45, 2.75) is 19.8 Å². The summed E-state index contributed by atoms with van der Waals surface area (Å²) < 4.78 is 5.28. The molecule has 0 aromatic carbocycles. The molecule has 0 bridgehead atoms. The highest BCUT2D eigenvalue weighted by Crippen LogP contribution is 2.31. The van der Waals surface area contributed by atoms with Crippen LogP contribution in [-0.4, -0.2) is 43.1 Å². The minimum atomic E-state index is -0.257. The van der Waals surface area contributed by atoms with Gasteiger partial charge in [-0.15, -0.1) is 0 Å². The molecule has 0 atom stereocenters. The van der Waals surface area contributed by atoms with E-state index in [2.05, 4.69) is 12.2 Å². The zero-order valence-corrected chi connectivity index (χ0v) is 8.91. The summed E-state index contributed by atoms with van der Waals surface area (Å²) in [5.41, 5.74) is 0.0234. The first-order valence-electron chi connectivity index (χ1n) is 5.27. The normalized spacial score (nSPS) is 25.5. The minimum Gasteiger partial charge on any atom is -0.381 e. The summed E-state index contributed by atoms with van der Waals surface area (Å²) in [7, 11) is 0. The van der Waals surface area contributed by atoms with E-state index in [1.165, 1.54) is 4.90 Å². The molecule has 0 aromatic rings. The molecular formula is C10H16N2O3. The molecule has 0 aromatic heterocycles. The van der Waals surface area contributed by atoms with Crippen molar-refractivity contribution in [1.29, 1.82) is 0 Å². The van der Waals surface area contributed by atoms with Crippen LogP contribution in [0.4, 0.5) is 4.79 Å². The van der Waals surface area contributed by atoms with Crippen molar-refractivity contribution in [3.05, 3.63) is 0 Å². The first kappa shape index (κ1) is 10.4. The van der Waals surface area contributed by atoms with Gasteiger partial charge in [0.15, 0.2) is 0 Å². The molecule has 0 aliphatic carbocycles. The summed E-state index contributed by atoms with van der Waals surface area (Å²) in [6.45, 7) is 4.21. The fourth-order valence-corrected chi connectivity index (χ4v) is 2.02. The lowest BCUT2D eigenvalue weighted by Gasteiger charge is -2.35. The second-order valence-corrected chi connectivity index (χ2v) is 4.56. The third-order valence-corrected chi connectivity index (χ3v) is 3.18. The number of ether oxygens (including phenoxy) is 1. The Bertz CT molecular complexity index is 268. The molecule has 2 aliphatic rings. The van der Waals surface area contributed by atoms with E-state index < -0.39 is 0 Å². The molecule has 0 saturated carbocycles. The summed E-state index contributed by atoms with van der Waals surface area (Å²) in [5.74, 6) is -0.118. The largest absolute Gasteiger partial charge is 0.381 e. The standard InChI is InChI=1S/C10H16N2O3/c1-10(2-4-15-5-3-10)7-12-8(13)6-11-9(12)14/h2-7H2,1H3,(H,11,14). The molecule has 2 fully saturated rings. The highest BCUT2D eigenvalue weighted by Gasteiger charge is 2.36. The van der Waals surface area contributed by atoms with Gasteiger partial charge in [0, 0.05) is 19.8 Å². The van der Waals surface area contributed by atoms with Crippen LogP contribution < -0.4 is 5.32 Å². The summed E-state index contributed by atoms with van der Waals surface area (Å²) in [4.78, 5) is 24.1. The highest BCUT2D eigenvalue weighted by molar-refractivity contribution is 6.01. The van der Waals surface area contributed by atoms with Crippen LogP contribution >= 0.6 is 0 Å². The average molecular weight is 212 g/mol. The molecule has 2 aliphatic heterocycles. The van der Waals surface area contributed by atoms with E-state index in [-0.39, 0.29) is 23.9 Å². The lowest BCUT2D eigenvalue weighted by molar-refractivity contribution is -0.126. The smallest absolute Gasteiger partial charge is 0.324 e. The van der Waals surface area contributed by atoms with E-state index in [1.807, 2.05) is 0 Å². The van der Waals surface area contributed by atoms with E-state index in [9.17, 15) is 9.59 Å². The van der Waals surface area contributed by atoms with Gasteiger partial charge in [-0.25, -0.2) is 4.79 Å². The Balaban J connectivity index is 2.00. The van der Waals surface area contributed by atoms with Gasteiger partial charge in [-0.1, -0.05) is 6.92 Å². The van der Waals surface area contributed by atoms with E-state index in [0.29, 0.717) is 6.54 Å². The number of hydrogen-bond acceptors (Lipinski definition) is 3. The number of imide groups is 1. The Morgan fingerprint density at radius 3 is 2.60 bits per heavy atom. The quantitative estimate of drug-likeness (QED) is 0.672. The van der Waals surface area contributed by atoms with Gasteiger partial charge in [-0.05, 0) is 18.3 Å². The van der Waals surface area contributed by atoms with Gasteiger partial charge in [0.2, 0.25) is 5.91 Å². The Labute approximate surface area is 88.8 Å². The molecule has 0 spiro atoms. The maximum atomic E-state index is 11.4. The van der Waals surface area contributed by atoms with Crippen LogP contribution in [0.25, 0.3) is 0 Å². The highest BCUT2D eigenvalue weighted by atomic mass is 16.5. The lowest BCUT2D eigenvalue weighted by atomic mass is 9.82. The first-order valence-corrected chi connectivity index (χ1v) is 5.27. The van der Waals surface area contributed by atoms with Crippen LogP contribution in [0.2, 0.25) is 0 Å². The summed E-state index contributed by atoms with van der Waals surface area (Å²) >= 11 is 0. The van der Waals surface area contributed by atoms with Crippen LogP contribution in [0.3, 0.4) is 0 Å². The predicted octanol–water partition coefficient (Wildman–Crippen LogP) is 0.355. The van der Waals surface area contributed by atoms with E-state index in [4.69, 9.17) is 4.74 Å². The molecular weight excluding hydrogens is 196 g/mol. The van der Waals surface area contributed by atoms with Crippen molar-refractivity contribution in [1.82, 2.24) is 10.2 Å². The van der Waals surface area contributed by atoms with Crippen LogP contribution in [0, 0.1) is 5.41 Å². The second kappa shape index (κ2) is 3.81. The zero-order chi connectivity index (χ0) is 10.9. The molecule has 0 unspecified atom stereocenters. The number of amides is 3. The Kier molecular flexibility index (Phi) is 2.65. The Morgan fingerprint density at radius 1 is 1.40 bits per heavy atom. The SMILES string of the molecule is CC1(CN2C(=O)CNC2=O)CCOCC1. The third kappa shape index (κ3) is 2.12. The predicted molar refractivity (Wildman–Crippen MR) is 53.3 cm³/mol. The maximum Gasteiger partial charge on any atom is 0.324 e. The number of nitrogens with one attached hydrogen (secondary N) is 1. The van der Waals surface area contributed by atoms with Crippen molar-refractivity contribution in [2.75, 3.05) is 26.3 Å². The van der Waals surface area contributed by atoms with Crippen LogP contribution in [0.1, 0.15) is 19.8 Å². The Morgan fingerprint density at radius 2 is 2.07 bits per heavy atom. The number of hydrogen-bond donors (Lipinski definition) is 1. The summed E-state index contributed by atoms with van der Waals surface area (Å²) in [5, 5.41) is 2.53. The molecule has 5 heteroatoms. The van der Waals surface area contributed by atoms with Crippen molar-refractivity contribution in [2.24, 2.45) is 5.41 Å². The minimum absolute atomic E-state index is 0.0234. The number of carbonyl (C=O) groups excluding carboxylic acids is 2. The van der Waals surface area contributed by atoms with Gasteiger partial charge < -0.3 is 10.1 Å². The van der Waals surface area contributed by atoms with Gasteiger partial charge >= 0.3 is 6.03 Å². The van der Waals surface area contributed by atoms with Gasteiger partial charge in [0.05, 0.1) is 6.54 Å². The fraction of sp³-hybridized carbons (Fsp3) is 0.800. The van der Waals surface area contributed by atoms with Crippen molar-refractivity contribution >= 4 is 11.9 Å². The van der Waals surface area contributed by atoms with Gasteiger partial charge in [0.1, 0.15) is 0 Å². The van der Waals surface area contributed by atoms with Crippen molar-refractivity contribution < 1.29 is 14.3 Å². The average Bonchev–Trinajstić information content (AvgIpc) is 2.50. The van der Waals surface area contributed by atoms with Gasteiger partial charge in [-0.3, -0.25) is 9.69 Å². The number of nitrogens with zero attached hydrogens (tertiary/aromatic N) is 1. The maximum absolute atomic E-state index is 11.4. The van der Waals surface area contributed by atoms with Crippen LogP contribution in [0.5, 0.6) is 0 Å². The molecule has 15 heavy (non-hydrogen) atoms. The molecule has 2 heterocycles. The van der Waals surface area contributed by atoms with E-state index >= 15 is 0 Å². The second-order valence-electron chi connectivity index (χ2n) is 4.56. The van der Waals surface area contributed by atoms with E-state index in [1.54, 1.807) is 0 Å². The van der Waals surface area contributed by atoms with Crippen molar-refractivity contribution in [3.63, 3.8) is 0 Å². The molecule has 5 nitrogen and oxygen atoms in total.